The average Bonchev–Trinajstić information content (AvgIpc) is 2.87. The minimum Gasteiger partial charge on any atom is -0.373 e. The third-order valence-electron chi connectivity index (χ3n) is 2.47. The van der Waals surface area contributed by atoms with E-state index in [1.165, 1.54) is 0 Å². The Labute approximate surface area is 89.2 Å². The monoisotopic (exact) mass is 211 g/mol. The molecule has 0 aromatic carbocycles. The molecule has 1 atom stereocenters. The van der Waals surface area contributed by atoms with Crippen molar-refractivity contribution in [1.82, 2.24) is 15.5 Å². The summed E-state index contributed by atoms with van der Waals surface area (Å²) in [5, 5.41) is 7.17. The Balaban J connectivity index is 1.86. The molecule has 1 unspecified atom stereocenters. The van der Waals surface area contributed by atoms with Gasteiger partial charge in [-0.05, 0) is 19.4 Å². The Kier molecular flexibility index (Phi) is 3.69. The van der Waals surface area contributed by atoms with Crippen LogP contribution in [0.1, 0.15) is 37.4 Å². The fourth-order valence-electron chi connectivity index (χ4n) is 1.67. The van der Waals surface area contributed by atoms with Crippen LogP contribution < -0.4 is 5.32 Å². The molecule has 1 N–H and O–H groups in total. The van der Waals surface area contributed by atoms with Gasteiger partial charge in [-0.25, -0.2) is 0 Å². The summed E-state index contributed by atoms with van der Waals surface area (Å²) in [7, 11) is 0. The lowest BCUT2D eigenvalue weighted by Gasteiger charge is -1.98. The standard InChI is InChI=1S/C10H17N3O2/c1-2-5-14-7-9-12-10(15-13-9)8-3-4-11-6-8/h8,11H,2-7H2,1H3. The topological polar surface area (TPSA) is 60.2 Å². The fourth-order valence-corrected chi connectivity index (χ4v) is 1.67. The van der Waals surface area contributed by atoms with E-state index in [1.807, 2.05) is 0 Å². The fraction of sp³-hybridized carbons (Fsp3) is 0.800. The molecule has 2 heterocycles. The third kappa shape index (κ3) is 2.76. The van der Waals surface area contributed by atoms with Gasteiger partial charge in [0.25, 0.3) is 0 Å². The highest BCUT2D eigenvalue weighted by atomic mass is 16.5. The van der Waals surface area contributed by atoms with E-state index in [2.05, 4.69) is 22.4 Å². The molecule has 0 aliphatic carbocycles. The van der Waals surface area contributed by atoms with Crippen molar-refractivity contribution in [2.45, 2.75) is 32.3 Å². The second kappa shape index (κ2) is 5.23. The van der Waals surface area contributed by atoms with Crippen LogP contribution in [0.2, 0.25) is 0 Å². The summed E-state index contributed by atoms with van der Waals surface area (Å²) in [6, 6.07) is 0. The van der Waals surface area contributed by atoms with E-state index in [-0.39, 0.29) is 0 Å². The van der Waals surface area contributed by atoms with Crippen LogP contribution in [0, 0.1) is 0 Å². The maximum Gasteiger partial charge on any atom is 0.231 e. The Morgan fingerprint density at radius 2 is 2.53 bits per heavy atom. The molecule has 1 aliphatic rings. The van der Waals surface area contributed by atoms with Crippen molar-refractivity contribution in [3.05, 3.63) is 11.7 Å². The second-order valence-electron chi connectivity index (χ2n) is 3.79. The molecule has 2 rings (SSSR count). The summed E-state index contributed by atoms with van der Waals surface area (Å²) in [5.41, 5.74) is 0. The van der Waals surface area contributed by atoms with Crippen molar-refractivity contribution in [3.8, 4) is 0 Å². The molecule has 1 aliphatic heterocycles. The number of hydrogen-bond acceptors (Lipinski definition) is 5. The smallest absolute Gasteiger partial charge is 0.231 e. The molecule has 15 heavy (non-hydrogen) atoms. The zero-order valence-corrected chi connectivity index (χ0v) is 9.03. The summed E-state index contributed by atoms with van der Waals surface area (Å²) < 4.78 is 10.5. The van der Waals surface area contributed by atoms with Crippen LogP contribution in [0.15, 0.2) is 4.52 Å². The Morgan fingerprint density at radius 1 is 1.60 bits per heavy atom. The molecule has 0 bridgehead atoms. The zero-order valence-electron chi connectivity index (χ0n) is 9.03. The van der Waals surface area contributed by atoms with E-state index in [4.69, 9.17) is 9.26 Å². The molecule has 1 fully saturated rings. The third-order valence-corrected chi connectivity index (χ3v) is 2.47. The van der Waals surface area contributed by atoms with Crippen LogP contribution in [0.25, 0.3) is 0 Å². The summed E-state index contributed by atoms with van der Waals surface area (Å²) in [4.78, 5) is 4.32. The van der Waals surface area contributed by atoms with Gasteiger partial charge in [-0.3, -0.25) is 0 Å². The number of ether oxygens (including phenoxy) is 1. The molecular formula is C10H17N3O2. The largest absolute Gasteiger partial charge is 0.373 e. The summed E-state index contributed by atoms with van der Waals surface area (Å²) >= 11 is 0. The highest BCUT2D eigenvalue weighted by molar-refractivity contribution is 4.97. The van der Waals surface area contributed by atoms with E-state index in [0.717, 1.165) is 38.4 Å². The molecule has 0 amide bonds. The lowest BCUT2D eigenvalue weighted by Crippen LogP contribution is -2.08. The van der Waals surface area contributed by atoms with E-state index in [1.54, 1.807) is 0 Å². The van der Waals surface area contributed by atoms with Gasteiger partial charge < -0.3 is 14.6 Å². The van der Waals surface area contributed by atoms with Gasteiger partial charge in [0, 0.05) is 13.2 Å². The molecule has 1 aromatic heterocycles. The lowest BCUT2D eigenvalue weighted by molar-refractivity contribution is 0.114. The summed E-state index contributed by atoms with van der Waals surface area (Å²) in [5.74, 6) is 1.79. The molecule has 1 aromatic rings. The first-order chi connectivity index (χ1) is 7.40. The maximum atomic E-state index is 5.34. The predicted molar refractivity (Wildman–Crippen MR) is 54.5 cm³/mol. The number of aromatic nitrogens is 2. The minimum atomic E-state index is 0.387. The van der Waals surface area contributed by atoms with Gasteiger partial charge in [-0.15, -0.1) is 0 Å². The summed E-state index contributed by atoms with van der Waals surface area (Å²) in [6.07, 6.45) is 2.09. The van der Waals surface area contributed by atoms with E-state index in [9.17, 15) is 0 Å². The lowest BCUT2D eigenvalue weighted by atomic mass is 10.1. The molecule has 84 valence electrons. The Hall–Kier alpha value is -0.940. The molecule has 5 nitrogen and oxygen atoms in total. The van der Waals surface area contributed by atoms with Crippen molar-refractivity contribution in [3.63, 3.8) is 0 Å². The van der Waals surface area contributed by atoms with Crippen LogP contribution in [0.3, 0.4) is 0 Å². The van der Waals surface area contributed by atoms with Gasteiger partial charge in [-0.1, -0.05) is 12.1 Å². The van der Waals surface area contributed by atoms with E-state index < -0.39 is 0 Å². The molecule has 1 saturated heterocycles. The number of nitrogens with zero attached hydrogens (tertiary/aromatic N) is 2. The van der Waals surface area contributed by atoms with Gasteiger partial charge in [0.15, 0.2) is 5.82 Å². The first-order valence-corrected chi connectivity index (χ1v) is 5.51. The highest BCUT2D eigenvalue weighted by Crippen LogP contribution is 2.20. The van der Waals surface area contributed by atoms with Crippen molar-refractivity contribution < 1.29 is 9.26 Å². The van der Waals surface area contributed by atoms with Crippen LogP contribution in [-0.4, -0.2) is 29.8 Å². The SMILES string of the molecule is CCCOCc1noc(C2CCNC2)n1. The number of hydrogen-bond donors (Lipinski definition) is 1. The quantitative estimate of drug-likeness (QED) is 0.738. The summed E-state index contributed by atoms with van der Waals surface area (Å²) in [6.45, 7) is 5.25. The number of nitrogens with one attached hydrogen (secondary N) is 1. The molecular weight excluding hydrogens is 194 g/mol. The maximum absolute atomic E-state index is 5.34. The van der Waals surface area contributed by atoms with Crippen molar-refractivity contribution >= 4 is 0 Å². The average molecular weight is 211 g/mol. The Bertz CT molecular complexity index is 295. The Morgan fingerprint density at radius 3 is 3.27 bits per heavy atom. The van der Waals surface area contributed by atoms with Crippen molar-refractivity contribution in [1.29, 1.82) is 0 Å². The number of rotatable bonds is 5. The van der Waals surface area contributed by atoms with Crippen LogP contribution >= 0.6 is 0 Å². The van der Waals surface area contributed by atoms with E-state index >= 15 is 0 Å². The van der Waals surface area contributed by atoms with Gasteiger partial charge in [0.2, 0.25) is 5.89 Å². The van der Waals surface area contributed by atoms with Crippen molar-refractivity contribution in [2.24, 2.45) is 0 Å². The van der Waals surface area contributed by atoms with Crippen LogP contribution in [-0.2, 0) is 11.3 Å². The molecule has 0 radical (unpaired) electrons. The van der Waals surface area contributed by atoms with Gasteiger partial charge >= 0.3 is 0 Å². The molecule has 0 saturated carbocycles. The normalized spacial score (nSPS) is 21.0. The van der Waals surface area contributed by atoms with Crippen LogP contribution in [0.4, 0.5) is 0 Å². The first-order valence-electron chi connectivity index (χ1n) is 5.51. The van der Waals surface area contributed by atoms with E-state index in [0.29, 0.717) is 18.3 Å². The van der Waals surface area contributed by atoms with Crippen LogP contribution in [0.5, 0.6) is 0 Å². The molecule has 0 spiro atoms. The van der Waals surface area contributed by atoms with Gasteiger partial charge in [-0.2, -0.15) is 4.98 Å². The highest BCUT2D eigenvalue weighted by Gasteiger charge is 2.22. The second-order valence-corrected chi connectivity index (χ2v) is 3.79. The minimum absolute atomic E-state index is 0.387. The van der Waals surface area contributed by atoms with Gasteiger partial charge in [0.1, 0.15) is 6.61 Å². The molecule has 5 heteroatoms. The zero-order chi connectivity index (χ0) is 10.5. The predicted octanol–water partition coefficient (Wildman–Crippen LogP) is 1.07. The van der Waals surface area contributed by atoms with Crippen molar-refractivity contribution in [2.75, 3.05) is 19.7 Å². The first kappa shape index (κ1) is 10.6. The van der Waals surface area contributed by atoms with Gasteiger partial charge in [0.05, 0.1) is 5.92 Å².